The molecule has 1 aromatic carbocycles. The zero-order chi connectivity index (χ0) is 29.4. The first-order valence-corrected chi connectivity index (χ1v) is 14.1. The normalized spacial score (nSPS) is 17.6. The highest BCUT2D eigenvalue weighted by Crippen LogP contribution is 2.37. The third-order valence-electron chi connectivity index (χ3n) is 8.38. The summed E-state index contributed by atoms with van der Waals surface area (Å²) in [7, 11) is 3.74. The Kier molecular flexibility index (Phi) is 7.47. The topological polar surface area (TPSA) is 110 Å². The van der Waals surface area contributed by atoms with E-state index in [2.05, 4.69) is 31.0 Å². The molecule has 42 heavy (non-hydrogen) atoms. The quantitative estimate of drug-likeness (QED) is 0.334. The van der Waals surface area contributed by atoms with Gasteiger partial charge < -0.3 is 14.8 Å². The zero-order valence-electron chi connectivity index (χ0n) is 23.7. The van der Waals surface area contributed by atoms with Gasteiger partial charge in [-0.15, -0.1) is 0 Å². The number of hydrogen-bond donors (Lipinski definition) is 1. The number of piperidine rings is 1. The lowest BCUT2D eigenvalue weighted by molar-refractivity contribution is -0.0412. The van der Waals surface area contributed by atoms with Crippen LogP contribution in [0, 0.1) is 11.3 Å². The van der Waals surface area contributed by atoms with E-state index in [0.717, 1.165) is 35.1 Å². The third kappa shape index (κ3) is 5.26. The van der Waals surface area contributed by atoms with Crippen LogP contribution in [0.2, 0.25) is 0 Å². The molecule has 2 aliphatic rings. The predicted molar refractivity (Wildman–Crippen MR) is 155 cm³/mol. The Morgan fingerprint density at radius 2 is 2.02 bits per heavy atom. The number of benzene rings is 1. The largest absolute Gasteiger partial charge is 0.346 e. The summed E-state index contributed by atoms with van der Waals surface area (Å²) >= 11 is 0. The zero-order valence-corrected chi connectivity index (χ0v) is 23.7. The van der Waals surface area contributed by atoms with E-state index in [4.69, 9.17) is 0 Å². The highest BCUT2D eigenvalue weighted by Gasteiger charge is 2.48. The molecule has 2 fully saturated rings. The average molecular weight is 576 g/mol. The van der Waals surface area contributed by atoms with Crippen LogP contribution in [0.5, 0.6) is 0 Å². The van der Waals surface area contributed by atoms with E-state index >= 15 is 0 Å². The summed E-state index contributed by atoms with van der Waals surface area (Å²) < 4.78 is 29.0. The van der Waals surface area contributed by atoms with Crippen molar-refractivity contribution in [3.05, 3.63) is 65.9 Å². The van der Waals surface area contributed by atoms with Gasteiger partial charge in [0.15, 0.2) is 0 Å². The number of nitriles is 1. The van der Waals surface area contributed by atoms with Crippen molar-refractivity contribution in [2.24, 2.45) is 0 Å². The van der Waals surface area contributed by atoms with Crippen molar-refractivity contribution in [1.29, 1.82) is 5.26 Å². The molecule has 3 aromatic heterocycles. The van der Waals surface area contributed by atoms with Gasteiger partial charge in [-0.05, 0) is 56.8 Å². The Balaban J connectivity index is 0.00000368. The minimum absolute atomic E-state index is 0. The number of H-pyrrole nitrogens is 1. The van der Waals surface area contributed by atoms with Crippen LogP contribution in [-0.2, 0) is 12.1 Å². The average Bonchev–Trinajstić information content (AvgIpc) is 3.64. The van der Waals surface area contributed by atoms with Crippen molar-refractivity contribution >= 4 is 16.9 Å². The van der Waals surface area contributed by atoms with Crippen LogP contribution in [0.3, 0.4) is 0 Å². The summed E-state index contributed by atoms with van der Waals surface area (Å²) in [5.41, 5.74) is 2.88. The second-order valence-corrected chi connectivity index (χ2v) is 11.6. The molecule has 10 nitrogen and oxygen atoms in total. The second-order valence-electron chi connectivity index (χ2n) is 11.6. The fraction of sp³-hybridized carbons (Fsp3) is 0.433. The lowest BCUT2D eigenvalue weighted by Crippen LogP contribution is -2.66. The first kappa shape index (κ1) is 27.9. The number of halogens is 2. The summed E-state index contributed by atoms with van der Waals surface area (Å²) in [5.74, 6) is -0.205. The van der Waals surface area contributed by atoms with Crippen molar-refractivity contribution in [1.82, 2.24) is 39.4 Å². The van der Waals surface area contributed by atoms with Crippen molar-refractivity contribution in [3.8, 4) is 17.3 Å². The SMILES string of the molecule is CN(C)Cc1cc(C(=O)N2CCC(N3CC(CC#N)(n4cc(-c5ncnc6[nH]ccc56)cn4)C3)CC2)cc(C(F)F)c1.[HH]. The number of amides is 1. The summed E-state index contributed by atoms with van der Waals surface area (Å²) in [4.78, 5) is 31.2. The van der Waals surface area contributed by atoms with Gasteiger partial charge in [-0.2, -0.15) is 10.4 Å². The minimum atomic E-state index is -2.63. The number of hydrogen-bond acceptors (Lipinski definition) is 7. The van der Waals surface area contributed by atoms with E-state index in [0.29, 0.717) is 50.3 Å². The van der Waals surface area contributed by atoms with Crippen LogP contribution in [-0.4, -0.2) is 91.7 Å². The highest BCUT2D eigenvalue weighted by molar-refractivity contribution is 5.94. The Labute approximate surface area is 244 Å². The monoisotopic (exact) mass is 575 g/mol. The Morgan fingerprint density at radius 3 is 2.74 bits per heavy atom. The van der Waals surface area contributed by atoms with Gasteiger partial charge in [-0.1, -0.05) is 0 Å². The number of nitrogens with one attached hydrogen (secondary N) is 1. The molecule has 2 aliphatic heterocycles. The molecule has 6 rings (SSSR count). The van der Waals surface area contributed by atoms with E-state index in [1.807, 2.05) is 42.1 Å². The molecule has 2 saturated heterocycles. The number of aromatic nitrogens is 5. The second kappa shape index (κ2) is 11.2. The molecule has 12 heteroatoms. The van der Waals surface area contributed by atoms with Gasteiger partial charge in [-0.25, -0.2) is 18.7 Å². The lowest BCUT2D eigenvalue weighted by atomic mass is 9.83. The van der Waals surface area contributed by atoms with Crippen molar-refractivity contribution in [2.45, 2.75) is 43.8 Å². The Hall–Kier alpha value is -4.21. The summed E-state index contributed by atoms with van der Waals surface area (Å²) in [5, 5.41) is 15.2. The van der Waals surface area contributed by atoms with Crippen LogP contribution in [0.4, 0.5) is 8.78 Å². The number of fused-ring (bicyclic) bond motifs is 1. The maximum atomic E-state index is 13.6. The number of aromatic amines is 1. The number of likely N-dealkylation sites (tertiary alicyclic amines) is 2. The molecule has 0 spiro atoms. The number of alkyl halides is 2. The van der Waals surface area contributed by atoms with Crippen molar-refractivity contribution in [2.75, 3.05) is 40.3 Å². The van der Waals surface area contributed by atoms with Gasteiger partial charge >= 0.3 is 0 Å². The minimum Gasteiger partial charge on any atom is -0.346 e. The standard InChI is InChI=1S/C30H33F2N9O.H2/c1-38(2)15-20-11-21(27(31)32)13-22(12-20)29(42)39-9-4-24(5-10-39)40-17-30(18-40,6-7-33)41-16-23(14-37-41)26-25-3-8-34-28(25)36-19-35-26;/h3,8,11-14,16,19,24,27H,4-6,9-10,15,17-18H2,1-2H3,(H,34,35,36);1H. The Morgan fingerprint density at radius 1 is 1.24 bits per heavy atom. The van der Waals surface area contributed by atoms with Gasteiger partial charge in [-0.3, -0.25) is 14.4 Å². The molecule has 1 amide bonds. The van der Waals surface area contributed by atoms with Crippen LogP contribution in [0.15, 0.2) is 49.2 Å². The first-order chi connectivity index (χ1) is 20.3. The molecule has 4 aromatic rings. The summed E-state index contributed by atoms with van der Waals surface area (Å²) in [6.45, 7) is 2.97. The van der Waals surface area contributed by atoms with E-state index in [1.165, 1.54) is 18.5 Å². The van der Waals surface area contributed by atoms with E-state index in [9.17, 15) is 18.8 Å². The number of nitrogens with zero attached hydrogens (tertiary/aromatic N) is 8. The first-order valence-electron chi connectivity index (χ1n) is 14.1. The number of carbonyl (C=O) groups is 1. The maximum Gasteiger partial charge on any atom is 0.263 e. The van der Waals surface area contributed by atoms with Gasteiger partial charge in [0.1, 0.15) is 17.5 Å². The molecular weight excluding hydrogens is 540 g/mol. The Bertz CT molecular complexity index is 1630. The molecule has 0 bridgehead atoms. The molecule has 0 aliphatic carbocycles. The fourth-order valence-electron chi connectivity index (χ4n) is 6.30. The highest BCUT2D eigenvalue weighted by atomic mass is 19.3. The van der Waals surface area contributed by atoms with Crippen LogP contribution >= 0.6 is 0 Å². The van der Waals surface area contributed by atoms with Gasteiger partial charge in [0.05, 0.1) is 24.4 Å². The smallest absolute Gasteiger partial charge is 0.263 e. The molecule has 0 atom stereocenters. The van der Waals surface area contributed by atoms with E-state index in [1.54, 1.807) is 17.2 Å². The predicted octanol–water partition coefficient (Wildman–Crippen LogP) is 4.30. The molecule has 0 radical (unpaired) electrons. The van der Waals surface area contributed by atoms with Crippen LogP contribution in [0.1, 0.15) is 48.6 Å². The maximum absolute atomic E-state index is 13.6. The molecular formula is C30H35F2N9O. The van der Waals surface area contributed by atoms with Gasteiger partial charge in [0.2, 0.25) is 0 Å². The molecule has 5 heterocycles. The van der Waals surface area contributed by atoms with E-state index < -0.39 is 12.0 Å². The third-order valence-corrected chi connectivity index (χ3v) is 8.38. The molecule has 0 saturated carbocycles. The van der Waals surface area contributed by atoms with E-state index in [-0.39, 0.29) is 18.9 Å². The number of carbonyl (C=O) groups excluding carboxylic acids is 1. The molecule has 1 N–H and O–H groups in total. The van der Waals surface area contributed by atoms with Gasteiger partial charge in [0, 0.05) is 74.7 Å². The summed E-state index contributed by atoms with van der Waals surface area (Å²) in [6.07, 6.45) is 6.37. The van der Waals surface area contributed by atoms with Crippen LogP contribution in [0.25, 0.3) is 22.3 Å². The van der Waals surface area contributed by atoms with Crippen molar-refractivity contribution < 1.29 is 15.0 Å². The van der Waals surface area contributed by atoms with Crippen LogP contribution < -0.4 is 0 Å². The summed E-state index contributed by atoms with van der Waals surface area (Å²) in [6, 6.07) is 9.09. The molecule has 220 valence electrons. The number of rotatable bonds is 8. The molecule has 0 unspecified atom stereocenters. The lowest BCUT2D eigenvalue weighted by Gasteiger charge is -2.53. The van der Waals surface area contributed by atoms with Gasteiger partial charge in [0.25, 0.3) is 12.3 Å². The van der Waals surface area contributed by atoms with Crippen molar-refractivity contribution in [3.63, 3.8) is 0 Å². The fourth-order valence-corrected chi connectivity index (χ4v) is 6.30.